The SMILES string of the molecule is Cl.O=S(=O)(Cl)c1cc(Cl)c(Cl)s1.O=S(=O)(c1cc(Cl)c(Cl)s1)n1ccc2c(N3CCNCC3)nccc21. The molecular formula is C19H16Cl6N4O4S4. The minimum Gasteiger partial charge on any atom is -0.354 e. The van der Waals surface area contributed by atoms with Crippen LogP contribution in [0.15, 0.2) is 45.1 Å². The van der Waals surface area contributed by atoms with Gasteiger partial charge >= 0.3 is 0 Å². The third-order valence-electron chi connectivity index (χ3n) is 4.98. The fourth-order valence-electron chi connectivity index (χ4n) is 3.36. The molecule has 4 aromatic rings. The first-order chi connectivity index (χ1) is 16.9. The number of nitrogens with one attached hydrogen (secondary N) is 1. The van der Waals surface area contributed by atoms with Crippen LogP contribution in [0.3, 0.4) is 0 Å². The molecule has 0 amide bonds. The van der Waals surface area contributed by atoms with Gasteiger partial charge in [0.1, 0.15) is 22.9 Å². The highest BCUT2D eigenvalue weighted by Gasteiger charge is 2.25. The number of aromatic nitrogens is 2. The minimum atomic E-state index is -3.76. The quantitative estimate of drug-likeness (QED) is 0.244. The number of thiophene rings is 2. The average Bonchev–Trinajstić information content (AvgIpc) is 3.52. The van der Waals surface area contributed by atoms with Crippen molar-refractivity contribution in [2.45, 2.75) is 8.42 Å². The van der Waals surface area contributed by atoms with Crippen molar-refractivity contribution in [3.8, 4) is 0 Å². The van der Waals surface area contributed by atoms with E-state index in [9.17, 15) is 16.8 Å². The van der Waals surface area contributed by atoms with Crippen LogP contribution >= 0.6 is 92.2 Å². The van der Waals surface area contributed by atoms with E-state index in [-0.39, 0.29) is 39.5 Å². The molecule has 37 heavy (non-hydrogen) atoms. The van der Waals surface area contributed by atoms with Gasteiger partial charge in [-0.15, -0.1) is 35.1 Å². The lowest BCUT2D eigenvalue weighted by Crippen LogP contribution is -2.43. The Labute approximate surface area is 251 Å². The topological polar surface area (TPSA) is 101 Å². The molecule has 0 aliphatic carbocycles. The second kappa shape index (κ2) is 12.3. The Morgan fingerprint density at radius 3 is 1.95 bits per heavy atom. The molecule has 0 atom stereocenters. The molecule has 0 aromatic carbocycles. The second-order valence-corrected chi connectivity index (χ2v) is 16.2. The number of fused-ring (bicyclic) bond motifs is 1. The fraction of sp³-hybridized carbons (Fsp3) is 0.211. The van der Waals surface area contributed by atoms with Crippen molar-refractivity contribution in [2.75, 3.05) is 31.1 Å². The lowest BCUT2D eigenvalue weighted by Gasteiger charge is -2.28. The Kier molecular flexibility index (Phi) is 10.3. The predicted octanol–water partition coefficient (Wildman–Crippen LogP) is 6.46. The summed E-state index contributed by atoms with van der Waals surface area (Å²) in [4.78, 5) is 6.63. The summed E-state index contributed by atoms with van der Waals surface area (Å²) in [6, 6.07) is 6.09. The summed E-state index contributed by atoms with van der Waals surface area (Å²) >= 11 is 24.6. The molecule has 1 saturated heterocycles. The minimum absolute atomic E-state index is 0. The van der Waals surface area contributed by atoms with Crippen molar-refractivity contribution < 1.29 is 16.8 Å². The van der Waals surface area contributed by atoms with Gasteiger partial charge in [-0.2, -0.15) is 8.42 Å². The number of piperazine rings is 1. The van der Waals surface area contributed by atoms with Crippen LogP contribution in [-0.4, -0.2) is 52.0 Å². The Bertz CT molecular complexity index is 1590. The van der Waals surface area contributed by atoms with Crippen LogP contribution in [0.1, 0.15) is 0 Å². The van der Waals surface area contributed by atoms with Gasteiger partial charge in [0, 0.05) is 54.6 Å². The van der Waals surface area contributed by atoms with Crippen molar-refractivity contribution in [2.24, 2.45) is 0 Å². The summed E-state index contributed by atoms with van der Waals surface area (Å²) in [6.07, 6.45) is 3.19. The zero-order valence-electron chi connectivity index (χ0n) is 18.2. The lowest BCUT2D eigenvalue weighted by molar-refractivity contribution is 0.586. The molecule has 1 aliphatic heterocycles. The first-order valence-electron chi connectivity index (χ1n) is 9.91. The number of pyridine rings is 1. The van der Waals surface area contributed by atoms with Crippen LogP contribution in [0.2, 0.25) is 18.7 Å². The largest absolute Gasteiger partial charge is 0.354 e. The van der Waals surface area contributed by atoms with Crippen LogP contribution in [0.5, 0.6) is 0 Å². The normalized spacial score (nSPS) is 14.2. The van der Waals surface area contributed by atoms with Gasteiger partial charge in [-0.1, -0.05) is 46.4 Å². The molecule has 0 spiro atoms. The van der Waals surface area contributed by atoms with Gasteiger partial charge in [0.2, 0.25) is 0 Å². The van der Waals surface area contributed by atoms with E-state index in [1.807, 2.05) is 0 Å². The van der Waals surface area contributed by atoms with Gasteiger partial charge in [0.15, 0.2) is 0 Å². The molecule has 0 radical (unpaired) electrons. The maximum atomic E-state index is 13.0. The number of anilines is 1. The summed E-state index contributed by atoms with van der Waals surface area (Å²) < 4.78 is 49.1. The van der Waals surface area contributed by atoms with Crippen molar-refractivity contribution in [3.05, 3.63) is 55.4 Å². The zero-order chi connectivity index (χ0) is 26.3. The van der Waals surface area contributed by atoms with Gasteiger partial charge in [-0.3, -0.25) is 0 Å². The number of hydrogen-bond donors (Lipinski definition) is 1. The molecule has 0 saturated carbocycles. The molecule has 4 aromatic heterocycles. The third-order valence-corrected chi connectivity index (χ3v) is 12.9. The maximum Gasteiger partial charge on any atom is 0.277 e. The summed E-state index contributed by atoms with van der Waals surface area (Å²) in [7, 11) is -2.44. The molecule has 202 valence electrons. The molecule has 1 fully saturated rings. The van der Waals surface area contributed by atoms with Gasteiger partial charge in [0.25, 0.3) is 19.1 Å². The van der Waals surface area contributed by atoms with Crippen LogP contribution in [0.25, 0.3) is 10.9 Å². The van der Waals surface area contributed by atoms with Gasteiger partial charge < -0.3 is 10.2 Å². The van der Waals surface area contributed by atoms with E-state index in [2.05, 4.69) is 15.2 Å². The van der Waals surface area contributed by atoms with Crippen molar-refractivity contribution in [3.63, 3.8) is 0 Å². The Morgan fingerprint density at radius 2 is 1.46 bits per heavy atom. The van der Waals surface area contributed by atoms with Crippen molar-refractivity contribution in [1.82, 2.24) is 14.3 Å². The Balaban J connectivity index is 0.000000269. The number of halogens is 6. The number of rotatable bonds is 4. The van der Waals surface area contributed by atoms with E-state index in [4.69, 9.17) is 57.1 Å². The van der Waals surface area contributed by atoms with Crippen molar-refractivity contribution in [1.29, 1.82) is 0 Å². The Hall–Kier alpha value is -0.510. The summed E-state index contributed by atoms with van der Waals surface area (Å²) in [5.41, 5.74) is 0.587. The third kappa shape index (κ3) is 6.80. The summed E-state index contributed by atoms with van der Waals surface area (Å²) in [5, 5.41) is 4.55. The smallest absolute Gasteiger partial charge is 0.277 e. The monoisotopic (exact) mass is 702 g/mol. The van der Waals surface area contributed by atoms with E-state index in [1.165, 1.54) is 16.1 Å². The molecule has 5 rings (SSSR count). The zero-order valence-corrected chi connectivity index (χ0v) is 26.1. The number of hydrogen-bond acceptors (Lipinski definition) is 9. The second-order valence-electron chi connectivity index (χ2n) is 7.23. The fourth-order valence-corrected chi connectivity index (χ4v) is 9.31. The van der Waals surface area contributed by atoms with E-state index in [0.29, 0.717) is 5.52 Å². The molecule has 8 nitrogen and oxygen atoms in total. The van der Waals surface area contributed by atoms with Gasteiger partial charge in [-0.05, 0) is 24.3 Å². The standard InChI is InChI=1S/C15H14Cl2N4O2S2.C4HCl3O2S2.ClH/c16-11-9-13(24-14(11)17)25(22,23)21-6-2-10-12(21)1-3-19-15(10)20-7-4-18-5-8-20;5-2-1-3(10-4(2)6)11(7,8)9;/h1-3,6,9,18H,4-5,7-8H2;1H;1H. The Morgan fingerprint density at radius 1 is 0.892 bits per heavy atom. The van der Waals surface area contributed by atoms with E-state index >= 15 is 0 Å². The molecule has 0 bridgehead atoms. The van der Waals surface area contributed by atoms with E-state index in [0.717, 1.165) is 60.1 Å². The van der Waals surface area contributed by atoms with Crippen molar-refractivity contribution >= 4 is 128 Å². The molecule has 1 aliphatic rings. The predicted molar refractivity (Wildman–Crippen MR) is 156 cm³/mol. The van der Waals surface area contributed by atoms with Crippen LogP contribution in [-0.2, 0) is 19.1 Å². The molecule has 1 N–H and O–H groups in total. The van der Waals surface area contributed by atoms with Crippen LogP contribution < -0.4 is 10.2 Å². The van der Waals surface area contributed by atoms with E-state index < -0.39 is 19.1 Å². The molecule has 18 heteroatoms. The molecule has 0 unspecified atom stereocenters. The first-order valence-corrected chi connectivity index (χ1v) is 16.8. The van der Waals surface area contributed by atoms with E-state index in [1.54, 1.807) is 24.5 Å². The average molecular weight is 705 g/mol. The first kappa shape index (κ1) is 31.0. The molecule has 5 heterocycles. The van der Waals surface area contributed by atoms with Gasteiger partial charge in [-0.25, -0.2) is 17.4 Å². The van der Waals surface area contributed by atoms with Gasteiger partial charge in [0.05, 0.1) is 15.6 Å². The summed E-state index contributed by atoms with van der Waals surface area (Å²) in [5.74, 6) is 0.801. The highest BCUT2D eigenvalue weighted by atomic mass is 35.7. The van der Waals surface area contributed by atoms with Crippen LogP contribution in [0.4, 0.5) is 5.82 Å². The highest BCUT2D eigenvalue weighted by Crippen LogP contribution is 2.37. The maximum absolute atomic E-state index is 13.0. The van der Waals surface area contributed by atoms with Crippen LogP contribution in [0, 0.1) is 0 Å². The lowest BCUT2D eigenvalue weighted by atomic mass is 10.2. The molecular weight excluding hydrogens is 689 g/mol. The highest BCUT2D eigenvalue weighted by molar-refractivity contribution is 8.15. The number of nitrogens with zero attached hydrogens (tertiary/aromatic N) is 3. The summed E-state index contributed by atoms with van der Waals surface area (Å²) in [6.45, 7) is 3.42.